The summed E-state index contributed by atoms with van der Waals surface area (Å²) < 4.78 is 16.8. The van der Waals surface area contributed by atoms with Gasteiger partial charge in [0.05, 0.1) is 13.2 Å². The second-order valence-electron chi connectivity index (χ2n) is 5.46. The van der Waals surface area contributed by atoms with Gasteiger partial charge in [0.1, 0.15) is 6.61 Å². The topological polar surface area (TPSA) is 39.7 Å². The maximum Gasteiger partial charge on any atom is 0.161 e. The summed E-state index contributed by atoms with van der Waals surface area (Å²) in [5.74, 6) is 1.59. The number of rotatable bonds is 9. The van der Waals surface area contributed by atoms with Gasteiger partial charge in [-0.2, -0.15) is 0 Å². The molecular formula is C17H27NO3. The van der Waals surface area contributed by atoms with Gasteiger partial charge in [0.15, 0.2) is 11.5 Å². The van der Waals surface area contributed by atoms with E-state index in [9.17, 15) is 0 Å². The Kier molecular flexibility index (Phi) is 6.83. The lowest BCUT2D eigenvalue weighted by atomic mass is 10.2. The summed E-state index contributed by atoms with van der Waals surface area (Å²) in [5, 5.41) is 3.43. The van der Waals surface area contributed by atoms with Crippen LogP contribution in [0.3, 0.4) is 0 Å². The van der Waals surface area contributed by atoms with Gasteiger partial charge < -0.3 is 19.5 Å². The highest BCUT2D eigenvalue weighted by atomic mass is 16.5. The third-order valence-corrected chi connectivity index (χ3v) is 3.71. The van der Waals surface area contributed by atoms with Crippen LogP contribution >= 0.6 is 0 Å². The predicted octanol–water partition coefficient (Wildman–Crippen LogP) is 3.14. The zero-order valence-electron chi connectivity index (χ0n) is 13.2. The molecule has 0 amide bonds. The number of hydrogen-bond donors (Lipinski definition) is 1. The number of methoxy groups -OCH3 is 1. The normalized spacial score (nSPS) is 17.9. The van der Waals surface area contributed by atoms with Crippen LogP contribution in [0.25, 0.3) is 0 Å². The van der Waals surface area contributed by atoms with Gasteiger partial charge >= 0.3 is 0 Å². The van der Waals surface area contributed by atoms with Crippen LogP contribution in [0.5, 0.6) is 11.5 Å². The van der Waals surface area contributed by atoms with E-state index in [0.29, 0.717) is 6.61 Å². The lowest BCUT2D eigenvalue weighted by molar-refractivity contribution is 0.0669. The molecule has 0 saturated carbocycles. The smallest absolute Gasteiger partial charge is 0.161 e. The maximum atomic E-state index is 5.84. The van der Waals surface area contributed by atoms with Crippen LogP contribution in [0.4, 0.5) is 0 Å². The molecule has 1 N–H and O–H groups in total. The number of benzene rings is 1. The first-order chi connectivity index (χ1) is 10.3. The van der Waals surface area contributed by atoms with Gasteiger partial charge in [0.25, 0.3) is 0 Å². The maximum absolute atomic E-state index is 5.84. The minimum absolute atomic E-state index is 0.227. The first kappa shape index (κ1) is 16.1. The molecule has 1 fully saturated rings. The van der Waals surface area contributed by atoms with Crippen molar-refractivity contribution in [3.63, 3.8) is 0 Å². The first-order valence-electron chi connectivity index (χ1n) is 7.95. The van der Waals surface area contributed by atoms with E-state index in [-0.39, 0.29) is 6.10 Å². The molecule has 1 aromatic carbocycles. The molecule has 1 unspecified atom stereocenters. The molecule has 0 radical (unpaired) electrons. The molecule has 4 heteroatoms. The Morgan fingerprint density at radius 3 is 2.95 bits per heavy atom. The molecule has 1 aliphatic rings. The molecule has 118 valence electrons. The van der Waals surface area contributed by atoms with Crippen molar-refractivity contribution in [3.05, 3.63) is 23.8 Å². The first-order valence-corrected chi connectivity index (χ1v) is 7.95. The minimum Gasteiger partial charge on any atom is -0.493 e. The van der Waals surface area contributed by atoms with Crippen LogP contribution in [0, 0.1) is 0 Å². The minimum atomic E-state index is 0.227. The molecule has 21 heavy (non-hydrogen) atoms. The summed E-state index contributed by atoms with van der Waals surface area (Å²) in [7, 11) is 1.68. The fraction of sp³-hybridized carbons (Fsp3) is 0.647. The molecule has 1 heterocycles. The molecule has 1 atom stereocenters. The van der Waals surface area contributed by atoms with Crippen molar-refractivity contribution in [3.8, 4) is 11.5 Å². The van der Waals surface area contributed by atoms with Crippen molar-refractivity contribution in [1.29, 1.82) is 0 Å². The van der Waals surface area contributed by atoms with Gasteiger partial charge in [-0.05, 0) is 43.5 Å². The third-order valence-electron chi connectivity index (χ3n) is 3.71. The van der Waals surface area contributed by atoms with Crippen molar-refractivity contribution >= 4 is 0 Å². The number of unbranched alkanes of at least 4 members (excludes halogenated alkanes) is 1. The molecule has 1 aliphatic heterocycles. The zero-order chi connectivity index (χ0) is 14.9. The average molecular weight is 293 g/mol. The van der Waals surface area contributed by atoms with Crippen LogP contribution in [0.2, 0.25) is 0 Å². The fourth-order valence-electron chi connectivity index (χ4n) is 2.43. The Balaban J connectivity index is 1.86. The Hall–Kier alpha value is -1.26. The summed E-state index contributed by atoms with van der Waals surface area (Å²) in [4.78, 5) is 0. The molecule has 2 rings (SSSR count). The second kappa shape index (κ2) is 8.90. The van der Waals surface area contributed by atoms with Crippen LogP contribution in [0.1, 0.15) is 38.2 Å². The van der Waals surface area contributed by atoms with Crippen LogP contribution < -0.4 is 14.8 Å². The standard InChI is InChI=1S/C17H27NO3/c1-3-4-9-18-12-14-7-8-16(17(11-14)19-2)21-13-15-6-5-10-20-15/h7-8,11,15,18H,3-6,9-10,12-13H2,1-2H3. The number of hydrogen-bond acceptors (Lipinski definition) is 4. The van der Waals surface area contributed by atoms with Gasteiger partial charge in [-0.3, -0.25) is 0 Å². The zero-order valence-corrected chi connectivity index (χ0v) is 13.2. The largest absolute Gasteiger partial charge is 0.493 e. The lowest BCUT2D eigenvalue weighted by Crippen LogP contribution is -2.17. The van der Waals surface area contributed by atoms with Crippen molar-refractivity contribution in [2.45, 2.75) is 45.3 Å². The van der Waals surface area contributed by atoms with Crippen LogP contribution in [-0.2, 0) is 11.3 Å². The highest BCUT2D eigenvalue weighted by molar-refractivity contribution is 5.43. The molecule has 1 saturated heterocycles. The van der Waals surface area contributed by atoms with E-state index in [1.165, 1.54) is 18.4 Å². The van der Waals surface area contributed by atoms with E-state index in [1.807, 2.05) is 12.1 Å². The molecule has 0 spiro atoms. The molecule has 4 nitrogen and oxygen atoms in total. The fourth-order valence-corrected chi connectivity index (χ4v) is 2.43. The van der Waals surface area contributed by atoms with Gasteiger partial charge in [-0.1, -0.05) is 19.4 Å². The van der Waals surface area contributed by atoms with Gasteiger partial charge in [-0.15, -0.1) is 0 Å². The van der Waals surface area contributed by atoms with E-state index in [1.54, 1.807) is 7.11 Å². The average Bonchev–Trinajstić information content (AvgIpc) is 3.03. The van der Waals surface area contributed by atoms with Crippen molar-refractivity contribution in [2.24, 2.45) is 0 Å². The molecule has 0 bridgehead atoms. The van der Waals surface area contributed by atoms with Crippen LogP contribution in [-0.4, -0.2) is 33.0 Å². The summed E-state index contributed by atoms with van der Waals surface area (Å²) in [5.41, 5.74) is 1.22. The van der Waals surface area contributed by atoms with Crippen LogP contribution in [0.15, 0.2) is 18.2 Å². The Labute approximate surface area is 127 Å². The number of nitrogens with one attached hydrogen (secondary N) is 1. The summed E-state index contributed by atoms with van der Waals surface area (Å²) in [6, 6.07) is 6.13. The van der Waals surface area contributed by atoms with Gasteiger partial charge in [0, 0.05) is 13.2 Å². The predicted molar refractivity (Wildman–Crippen MR) is 84.1 cm³/mol. The van der Waals surface area contributed by atoms with E-state index in [2.05, 4.69) is 18.3 Å². The highest BCUT2D eigenvalue weighted by Gasteiger charge is 2.17. The molecule has 0 aromatic heterocycles. The summed E-state index contributed by atoms with van der Waals surface area (Å²) in [6.45, 7) is 5.57. The van der Waals surface area contributed by atoms with E-state index < -0.39 is 0 Å². The van der Waals surface area contributed by atoms with Crippen molar-refractivity contribution in [1.82, 2.24) is 5.32 Å². The quantitative estimate of drug-likeness (QED) is 0.710. The van der Waals surface area contributed by atoms with Gasteiger partial charge in [-0.25, -0.2) is 0 Å². The summed E-state index contributed by atoms with van der Waals surface area (Å²) in [6.07, 6.45) is 4.87. The molecular weight excluding hydrogens is 266 g/mol. The Morgan fingerprint density at radius 1 is 1.33 bits per heavy atom. The van der Waals surface area contributed by atoms with E-state index >= 15 is 0 Å². The van der Waals surface area contributed by atoms with Crippen molar-refractivity contribution < 1.29 is 14.2 Å². The third kappa shape index (κ3) is 5.21. The molecule has 1 aromatic rings. The molecule has 0 aliphatic carbocycles. The van der Waals surface area contributed by atoms with Crippen molar-refractivity contribution in [2.75, 3.05) is 26.9 Å². The van der Waals surface area contributed by atoms with E-state index in [4.69, 9.17) is 14.2 Å². The Morgan fingerprint density at radius 2 is 2.24 bits per heavy atom. The Bertz CT molecular complexity index is 416. The highest BCUT2D eigenvalue weighted by Crippen LogP contribution is 2.28. The SMILES string of the molecule is CCCCNCc1ccc(OCC2CCCO2)c(OC)c1. The lowest BCUT2D eigenvalue weighted by Gasteiger charge is -2.15. The number of ether oxygens (including phenoxy) is 3. The monoisotopic (exact) mass is 293 g/mol. The summed E-state index contributed by atoms with van der Waals surface area (Å²) >= 11 is 0. The van der Waals surface area contributed by atoms with Gasteiger partial charge in [0.2, 0.25) is 0 Å². The van der Waals surface area contributed by atoms with E-state index in [0.717, 1.165) is 44.0 Å². The second-order valence-corrected chi connectivity index (χ2v) is 5.46.